The Morgan fingerprint density at radius 2 is 2.04 bits per heavy atom. The summed E-state index contributed by atoms with van der Waals surface area (Å²) in [5.74, 6) is 1.93. The van der Waals surface area contributed by atoms with Gasteiger partial charge in [0.15, 0.2) is 0 Å². The van der Waals surface area contributed by atoms with Gasteiger partial charge in [0, 0.05) is 6.07 Å². The maximum Gasteiger partial charge on any atom is 0.326 e. The molecular formula is C19H22N2O4. The van der Waals surface area contributed by atoms with E-state index in [0.717, 1.165) is 12.1 Å². The van der Waals surface area contributed by atoms with Gasteiger partial charge in [-0.1, -0.05) is 19.1 Å². The lowest BCUT2D eigenvalue weighted by atomic mass is 10.1. The van der Waals surface area contributed by atoms with Crippen molar-refractivity contribution in [1.29, 1.82) is 0 Å². The van der Waals surface area contributed by atoms with Gasteiger partial charge in [-0.15, -0.1) is 0 Å². The summed E-state index contributed by atoms with van der Waals surface area (Å²) in [5, 5.41) is 2.92. The van der Waals surface area contributed by atoms with Crippen LogP contribution in [-0.2, 0) is 0 Å². The predicted octanol–water partition coefficient (Wildman–Crippen LogP) is 3.91. The second-order valence-corrected chi connectivity index (χ2v) is 5.72. The lowest BCUT2D eigenvalue weighted by Gasteiger charge is -2.34. The lowest BCUT2D eigenvalue weighted by molar-refractivity contribution is 0.188. The van der Waals surface area contributed by atoms with Gasteiger partial charge in [-0.05, 0) is 30.7 Å². The van der Waals surface area contributed by atoms with E-state index < -0.39 is 0 Å². The second kappa shape index (κ2) is 7.34. The molecule has 1 N–H and O–H groups in total. The number of carbonyl (C=O) groups excluding carboxylic acids is 1. The van der Waals surface area contributed by atoms with Crippen molar-refractivity contribution in [2.24, 2.45) is 0 Å². The molecule has 6 nitrogen and oxygen atoms in total. The maximum absolute atomic E-state index is 12.9. The summed E-state index contributed by atoms with van der Waals surface area (Å²) in [6.45, 7) is 2.53. The first-order valence-corrected chi connectivity index (χ1v) is 8.22. The third-order valence-electron chi connectivity index (χ3n) is 4.18. The van der Waals surface area contributed by atoms with Crippen LogP contribution in [0.15, 0.2) is 42.5 Å². The monoisotopic (exact) mass is 342 g/mol. The van der Waals surface area contributed by atoms with Crippen LogP contribution >= 0.6 is 0 Å². The number of hydrogen-bond acceptors (Lipinski definition) is 4. The molecule has 0 radical (unpaired) electrons. The van der Waals surface area contributed by atoms with E-state index in [4.69, 9.17) is 14.2 Å². The first-order valence-electron chi connectivity index (χ1n) is 8.22. The van der Waals surface area contributed by atoms with Crippen molar-refractivity contribution in [1.82, 2.24) is 0 Å². The molecule has 6 heteroatoms. The summed E-state index contributed by atoms with van der Waals surface area (Å²) < 4.78 is 16.5. The van der Waals surface area contributed by atoms with Crippen LogP contribution in [0.25, 0.3) is 0 Å². The van der Waals surface area contributed by atoms with Crippen molar-refractivity contribution in [3.8, 4) is 17.2 Å². The number of para-hydroxylation sites is 2. The average molecular weight is 342 g/mol. The Morgan fingerprint density at radius 1 is 1.24 bits per heavy atom. The largest absolute Gasteiger partial charge is 0.497 e. The van der Waals surface area contributed by atoms with E-state index in [0.29, 0.717) is 29.5 Å². The number of nitrogens with one attached hydrogen (secondary N) is 1. The Hall–Kier alpha value is -2.89. The molecule has 0 aliphatic carbocycles. The number of nitrogens with zero attached hydrogens (tertiary/aromatic N) is 1. The van der Waals surface area contributed by atoms with E-state index in [1.165, 1.54) is 0 Å². The smallest absolute Gasteiger partial charge is 0.326 e. The lowest BCUT2D eigenvalue weighted by Crippen LogP contribution is -2.45. The fourth-order valence-corrected chi connectivity index (χ4v) is 2.80. The van der Waals surface area contributed by atoms with Crippen LogP contribution < -0.4 is 24.4 Å². The van der Waals surface area contributed by atoms with Gasteiger partial charge >= 0.3 is 6.03 Å². The van der Waals surface area contributed by atoms with Crippen LogP contribution in [0.2, 0.25) is 0 Å². The number of rotatable bonds is 4. The van der Waals surface area contributed by atoms with Crippen LogP contribution in [0.3, 0.4) is 0 Å². The molecule has 25 heavy (non-hydrogen) atoms. The van der Waals surface area contributed by atoms with Gasteiger partial charge < -0.3 is 19.5 Å². The van der Waals surface area contributed by atoms with E-state index in [2.05, 4.69) is 5.32 Å². The zero-order valence-corrected chi connectivity index (χ0v) is 14.6. The first-order chi connectivity index (χ1) is 12.2. The molecule has 2 aromatic carbocycles. The SMILES string of the molecule is CCC1CN(C(=O)Nc2cc(OC)ccc2OC)c2ccccc2O1. The predicted molar refractivity (Wildman–Crippen MR) is 97.1 cm³/mol. The minimum atomic E-state index is -0.235. The minimum absolute atomic E-state index is 0.0344. The van der Waals surface area contributed by atoms with Gasteiger partial charge in [0.1, 0.15) is 23.4 Å². The van der Waals surface area contributed by atoms with Gasteiger partial charge in [0.2, 0.25) is 0 Å². The summed E-state index contributed by atoms with van der Waals surface area (Å²) in [6, 6.07) is 12.6. The number of hydrogen-bond donors (Lipinski definition) is 1. The Bertz CT molecular complexity index is 763. The third kappa shape index (κ3) is 3.47. The molecule has 0 bridgehead atoms. The number of amides is 2. The number of ether oxygens (including phenoxy) is 3. The molecule has 2 amide bonds. The van der Waals surface area contributed by atoms with E-state index in [1.807, 2.05) is 31.2 Å². The van der Waals surface area contributed by atoms with Crippen molar-refractivity contribution < 1.29 is 19.0 Å². The van der Waals surface area contributed by atoms with Crippen LogP contribution in [0.4, 0.5) is 16.2 Å². The highest BCUT2D eigenvalue weighted by molar-refractivity contribution is 6.03. The average Bonchev–Trinajstić information content (AvgIpc) is 2.66. The van der Waals surface area contributed by atoms with Crippen molar-refractivity contribution >= 4 is 17.4 Å². The Kier molecular flexibility index (Phi) is 4.97. The maximum atomic E-state index is 12.9. The molecule has 0 saturated heterocycles. The second-order valence-electron chi connectivity index (χ2n) is 5.72. The molecule has 0 aromatic heterocycles. The highest BCUT2D eigenvalue weighted by atomic mass is 16.5. The summed E-state index contributed by atoms with van der Waals surface area (Å²) >= 11 is 0. The number of urea groups is 1. The Labute approximate surface area is 147 Å². The van der Waals surface area contributed by atoms with Gasteiger partial charge in [-0.3, -0.25) is 4.90 Å². The van der Waals surface area contributed by atoms with Gasteiger partial charge in [-0.25, -0.2) is 4.79 Å². The van der Waals surface area contributed by atoms with E-state index in [9.17, 15) is 4.79 Å². The normalized spacial score (nSPS) is 15.8. The molecule has 1 heterocycles. The van der Waals surface area contributed by atoms with Crippen LogP contribution in [0.1, 0.15) is 13.3 Å². The van der Waals surface area contributed by atoms with E-state index >= 15 is 0 Å². The third-order valence-corrected chi connectivity index (χ3v) is 4.18. The minimum Gasteiger partial charge on any atom is -0.497 e. The molecule has 3 rings (SSSR count). The summed E-state index contributed by atoms with van der Waals surface area (Å²) in [7, 11) is 3.14. The highest BCUT2D eigenvalue weighted by Gasteiger charge is 2.29. The molecule has 2 aromatic rings. The summed E-state index contributed by atoms with van der Waals surface area (Å²) in [4.78, 5) is 14.6. The van der Waals surface area contributed by atoms with Gasteiger partial charge in [0.05, 0.1) is 32.1 Å². The fraction of sp³-hybridized carbons (Fsp3) is 0.316. The number of methoxy groups -OCH3 is 2. The standard InChI is InChI=1S/C19H22N2O4/c1-4-13-12-21(16-7-5-6-8-18(16)25-13)19(22)20-15-11-14(23-2)9-10-17(15)24-3/h5-11,13H,4,12H2,1-3H3,(H,20,22). The van der Waals surface area contributed by atoms with Crippen molar-refractivity contribution in [2.45, 2.75) is 19.4 Å². The molecule has 1 atom stereocenters. The Morgan fingerprint density at radius 3 is 2.76 bits per heavy atom. The molecule has 1 aliphatic rings. The highest BCUT2D eigenvalue weighted by Crippen LogP contribution is 2.35. The Balaban J connectivity index is 1.88. The quantitative estimate of drug-likeness (QED) is 0.915. The molecule has 0 fully saturated rings. The van der Waals surface area contributed by atoms with Gasteiger partial charge in [-0.2, -0.15) is 0 Å². The van der Waals surface area contributed by atoms with Crippen LogP contribution in [0.5, 0.6) is 17.2 Å². The van der Waals surface area contributed by atoms with E-state index in [1.54, 1.807) is 37.3 Å². The summed E-state index contributed by atoms with van der Waals surface area (Å²) in [6.07, 6.45) is 0.786. The zero-order valence-electron chi connectivity index (χ0n) is 14.6. The first kappa shape index (κ1) is 17.0. The number of anilines is 2. The van der Waals surface area contributed by atoms with E-state index in [-0.39, 0.29) is 12.1 Å². The summed E-state index contributed by atoms with van der Waals surface area (Å²) in [5.41, 5.74) is 1.32. The number of fused-ring (bicyclic) bond motifs is 1. The van der Waals surface area contributed by atoms with Crippen molar-refractivity contribution in [3.05, 3.63) is 42.5 Å². The zero-order chi connectivity index (χ0) is 17.8. The number of carbonyl (C=O) groups is 1. The molecule has 0 spiro atoms. The fourth-order valence-electron chi connectivity index (χ4n) is 2.80. The van der Waals surface area contributed by atoms with Crippen LogP contribution in [0, 0.1) is 0 Å². The van der Waals surface area contributed by atoms with Crippen LogP contribution in [-0.4, -0.2) is 32.9 Å². The van der Waals surface area contributed by atoms with Crippen molar-refractivity contribution in [3.63, 3.8) is 0 Å². The molecular weight excluding hydrogens is 320 g/mol. The van der Waals surface area contributed by atoms with Gasteiger partial charge in [0.25, 0.3) is 0 Å². The molecule has 0 saturated carbocycles. The molecule has 1 unspecified atom stereocenters. The van der Waals surface area contributed by atoms with Crippen molar-refractivity contribution in [2.75, 3.05) is 31.0 Å². The molecule has 1 aliphatic heterocycles. The number of benzene rings is 2. The molecule has 132 valence electrons. The topological polar surface area (TPSA) is 60.0 Å².